The van der Waals surface area contributed by atoms with Crippen molar-refractivity contribution in [3.05, 3.63) is 41.1 Å². The molecule has 34 heavy (non-hydrogen) atoms. The third kappa shape index (κ3) is 3.94. The molecule has 180 valence electrons. The summed E-state index contributed by atoms with van der Waals surface area (Å²) in [4.78, 5) is 19.5. The fourth-order valence-electron chi connectivity index (χ4n) is 4.91. The molecule has 1 fully saturated rings. The van der Waals surface area contributed by atoms with Gasteiger partial charge < -0.3 is 9.64 Å². The van der Waals surface area contributed by atoms with Crippen molar-refractivity contribution in [2.24, 2.45) is 7.05 Å². The predicted octanol–water partition coefficient (Wildman–Crippen LogP) is 2.73. The Bertz CT molecular complexity index is 1380. The third-order valence-corrected chi connectivity index (χ3v) is 8.51. The average Bonchev–Trinajstić information content (AvgIpc) is 3.38. The van der Waals surface area contributed by atoms with Gasteiger partial charge in [-0.05, 0) is 68.5 Å². The minimum absolute atomic E-state index is 0.160. The zero-order valence-corrected chi connectivity index (χ0v) is 20.6. The van der Waals surface area contributed by atoms with Crippen molar-refractivity contribution >= 4 is 32.7 Å². The molecule has 2 aromatic heterocycles. The molecule has 5 rings (SSSR count). The molecule has 9 nitrogen and oxygen atoms in total. The number of ether oxygens (including phenoxy) is 1. The average molecular weight is 484 g/mol. The molecule has 0 radical (unpaired) electrons. The molecule has 1 amide bonds. The lowest BCUT2D eigenvalue weighted by Gasteiger charge is -2.26. The molecule has 2 aliphatic rings. The van der Waals surface area contributed by atoms with Gasteiger partial charge in [0.15, 0.2) is 12.3 Å². The summed E-state index contributed by atoms with van der Waals surface area (Å²) >= 11 is 0. The summed E-state index contributed by atoms with van der Waals surface area (Å²) in [7, 11) is -1.70. The van der Waals surface area contributed by atoms with Gasteiger partial charge in [-0.3, -0.25) is 4.79 Å². The highest BCUT2D eigenvalue weighted by Gasteiger charge is 2.30. The number of nitrogens with zero attached hydrogens (tertiary/aromatic N) is 5. The van der Waals surface area contributed by atoms with Crippen molar-refractivity contribution in [2.45, 2.75) is 44.4 Å². The first-order valence-electron chi connectivity index (χ1n) is 11.6. The number of pyridine rings is 1. The molecule has 0 atom stereocenters. The van der Waals surface area contributed by atoms with Gasteiger partial charge in [-0.15, -0.1) is 5.10 Å². The second kappa shape index (κ2) is 8.66. The molecule has 4 heterocycles. The number of fused-ring (bicyclic) bond motifs is 2. The highest BCUT2D eigenvalue weighted by molar-refractivity contribution is 7.89. The van der Waals surface area contributed by atoms with E-state index in [-0.39, 0.29) is 12.5 Å². The Hall–Kier alpha value is -2.98. The number of aryl methyl sites for hydroxylation is 3. The third-order valence-electron chi connectivity index (χ3n) is 6.62. The number of carbonyl (C=O) groups is 1. The summed E-state index contributed by atoms with van der Waals surface area (Å²) in [5.41, 5.74) is 4.21. The van der Waals surface area contributed by atoms with Crippen molar-refractivity contribution in [1.29, 1.82) is 0 Å². The lowest BCUT2D eigenvalue weighted by molar-refractivity contribution is -0.120. The Kier molecular flexibility index (Phi) is 5.81. The molecule has 0 spiro atoms. The van der Waals surface area contributed by atoms with Crippen molar-refractivity contribution < 1.29 is 17.9 Å². The molecule has 1 saturated heterocycles. The molecule has 0 aliphatic carbocycles. The molecule has 3 aromatic rings. The summed E-state index contributed by atoms with van der Waals surface area (Å²) < 4.78 is 35.1. The summed E-state index contributed by atoms with van der Waals surface area (Å²) in [6.07, 6.45) is 3.47. The molecular weight excluding hydrogens is 454 g/mol. The largest absolute Gasteiger partial charge is 0.466 e. The van der Waals surface area contributed by atoms with Gasteiger partial charge in [0, 0.05) is 38.1 Å². The van der Waals surface area contributed by atoms with Gasteiger partial charge in [-0.1, -0.05) is 6.42 Å². The van der Waals surface area contributed by atoms with Crippen LogP contribution in [0.4, 0.5) is 5.69 Å². The summed E-state index contributed by atoms with van der Waals surface area (Å²) in [5.74, 6) is 0.195. The van der Waals surface area contributed by atoms with Crippen molar-refractivity contribution in [3.63, 3.8) is 0 Å². The van der Waals surface area contributed by atoms with Crippen molar-refractivity contribution in [3.8, 4) is 5.88 Å². The first-order chi connectivity index (χ1) is 16.3. The Morgan fingerprint density at radius 1 is 1.09 bits per heavy atom. The number of aromatic nitrogens is 3. The Labute approximate surface area is 199 Å². The monoisotopic (exact) mass is 483 g/mol. The number of rotatable bonds is 5. The van der Waals surface area contributed by atoms with Crippen LogP contribution in [0.25, 0.3) is 11.0 Å². The molecule has 10 heteroatoms. The van der Waals surface area contributed by atoms with Gasteiger partial charge in [0.2, 0.25) is 15.9 Å². The fourth-order valence-corrected chi connectivity index (χ4v) is 6.48. The van der Waals surface area contributed by atoms with Crippen LogP contribution in [-0.4, -0.2) is 59.6 Å². The predicted molar refractivity (Wildman–Crippen MR) is 129 cm³/mol. The fraction of sp³-hybridized carbons (Fsp3) is 0.458. The molecular formula is C24H29N5O4S. The van der Waals surface area contributed by atoms with E-state index in [1.165, 1.54) is 0 Å². The van der Waals surface area contributed by atoms with Gasteiger partial charge in [-0.2, -0.15) is 4.31 Å². The van der Waals surface area contributed by atoms with Gasteiger partial charge >= 0.3 is 0 Å². The molecule has 1 aromatic carbocycles. The zero-order chi connectivity index (χ0) is 24.0. The van der Waals surface area contributed by atoms with Crippen LogP contribution in [0.5, 0.6) is 5.88 Å². The zero-order valence-electron chi connectivity index (χ0n) is 19.7. The van der Waals surface area contributed by atoms with E-state index >= 15 is 0 Å². The number of hydrogen-bond donors (Lipinski definition) is 0. The summed E-state index contributed by atoms with van der Waals surface area (Å²) in [6, 6.07) is 7.03. The summed E-state index contributed by atoms with van der Waals surface area (Å²) in [6.45, 7) is 5.37. The van der Waals surface area contributed by atoms with Crippen LogP contribution < -0.4 is 9.64 Å². The van der Waals surface area contributed by atoms with Crippen LogP contribution in [0.1, 0.15) is 36.1 Å². The van der Waals surface area contributed by atoms with Gasteiger partial charge in [0.05, 0.1) is 10.3 Å². The summed E-state index contributed by atoms with van der Waals surface area (Å²) in [5, 5.41) is 5.21. The lowest BCUT2D eigenvalue weighted by atomic mass is 10.2. The number of sulfonamides is 1. The number of piperidine rings is 1. The number of hydrogen-bond acceptors (Lipinski definition) is 6. The van der Waals surface area contributed by atoms with Crippen LogP contribution in [0.2, 0.25) is 0 Å². The second-order valence-electron chi connectivity index (χ2n) is 9.05. The number of benzene rings is 1. The van der Waals surface area contributed by atoms with Crippen LogP contribution in [-0.2, 0) is 28.3 Å². The second-order valence-corrected chi connectivity index (χ2v) is 11.0. The minimum atomic E-state index is -3.50. The van der Waals surface area contributed by atoms with Gasteiger partial charge in [-0.25, -0.2) is 18.1 Å². The van der Waals surface area contributed by atoms with Crippen LogP contribution >= 0.6 is 0 Å². The highest BCUT2D eigenvalue weighted by Crippen LogP contribution is 2.32. The highest BCUT2D eigenvalue weighted by atomic mass is 32.2. The maximum Gasteiger partial charge on any atom is 0.264 e. The number of carbonyl (C=O) groups excluding carboxylic acids is 1. The Morgan fingerprint density at radius 3 is 2.62 bits per heavy atom. The molecule has 0 bridgehead atoms. The van der Waals surface area contributed by atoms with Gasteiger partial charge in [0.25, 0.3) is 5.91 Å². The van der Waals surface area contributed by atoms with Crippen molar-refractivity contribution in [2.75, 3.05) is 31.1 Å². The SMILES string of the molecule is Cc1cc(C)c2c(OCC(=O)N3CCc4cc(S(=O)(=O)N5CCCCC5)ccc43)nn(C)c2n1. The number of amides is 1. The maximum atomic E-state index is 13.0. The topological polar surface area (TPSA) is 97.6 Å². The van der Waals surface area contributed by atoms with Crippen LogP contribution in [0, 0.1) is 13.8 Å². The number of anilines is 1. The molecule has 0 N–H and O–H groups in total. The molecule has 0 unspecified atom stereocenters. The maximum absolute atomic E-state index is 13.0. The quantitative estimate of drug-likeness (QED) is 0.554. The Morgan fingerprint density at radius 2 is 1.85 bits per heavy atom. The van der Waals surface area contributed by atoms with E-state index in [0.717, 1.165) is 47.2 Å². The first kappa shape index (κ1) is 22.8. The van der Waals surface area contributed by atoms with E-state index in [1.807, 2.05) is 19.9 Å². The minimum Gasteiger partial charge on any atom is -0.466 e. The molecule has 0 saturated carbocycles. The van der Waals surface area contributed by atoms with Crippen LogP contribution in [0.3, 0.4) is 0 Å². The van der Waals surface area contributed by atoms with Gasteiger partial charge in [0.1, 0.15) is 0 Å². The van der Waals surface area contributed by atoms with Crippen molar-refractivity contribution in [1.82, 2.24) is 19.1 Å². The Balaban J connectivity index is 1.32. The van der Waals surface area contributed by atoms with E-state index in [1.54, 1.807) is 39.1 Å². The standard InChI is InChI=1S/C24H29N5O4S/c1-16-13-17(2)25-23-22(16)24(26-27(23)3)33-15-21(30)29-12-9-18-14-19(7-8-20(18)29)34(31,32)28-10-5-4-6-11-28/h7-8,13-14H,4-6,9-12,15H2,1-3H3. The van der Waals surface area contributed by atoms with E-state index in [9.17, 15) is 13.2 Å². The van der Waals surface area contributed by atoms with E-state index < -0.39 is 10.0 Å². The molecule has 2 aliphatic heterocycles. The normalized spacial score (nSPS) is 16.7. The van der Waals surface area contributed by atoms with E-state index in [0.29, 0.717) is 42.5 Å². The lowest BCUT2D eigenvalue weighted by Crippen LogP contribution is -2.35. The first-order valence-corrected chi connectivity index (χ1v) is 13.1. The van der Waals surface area contributed by atoms with Crippen LogP contribution in [0.15, 0.2) is 29.2 Å². The van der Waals surface area contributed by atoms with E-state index in [4.69, 9.17) is 4.74 Å². The smallest absolute Gasteiger partial charge is 0.264 e. The van der Waals surface area contributed by atoms with E-state index in [2.05, 4.69) is 10.1 Å².